The van der Waals surface area contributed by atoms with E-state index < -0.39 is 6.04 Å². The van der Waals surface area contributed by atoms with Gasteiger partial charge in [0.25, 0.3) is 6.47 Å². The number of hydrogen-bond donors (Lipinski definition) is 3. The van der Waals surface area contributed by atoms with Crippen molar-refractivity contribution in [1.29, 1.82) is 0 Å². The maximum atomic E-state index is 12.2. The molecule has 3 N–H and O–H groups in total. The molecule has 7 nitrogen and oxygen atoms in total. The van der Waals surface area contributed by atoms with Crippen molar-refractivity contribution in [2.75, 3.05) is 12.4 Å². The molecule has 0 aliphatic rings. The first-order valence-corrected chi connectivity index (χ1v) is 7.81. The van der Waals surface area contributed by atoms with Crippen LogP contribution >= 0.6 is 0 Å². The molecule has 0 spiro atoms. The molecule has 1 aromatic carbocycles. The molecule has 132 valence electrons. The van der Waals surface area contributed by atoms with Gasteiger partial charge in [0.1, 0.15) is 12.6 Å². The maximum Gasteiger partial charge on any atom is 0.293 e. The SMILES string of the molecule is CNC(C(=O)NC(C)C(=O)Nc1ccc(COC=O)cc1)C(C)C. The Morgan fingerprint density at radius 3 is 2.25 bits per heavy atom. The average molecular weight is 335 g/mol. The van der Waals surface area contributed by atoms with E-state index in [0.717, 1.165) is 5.56 Å². The van der Waals surface area contributed by atoms with Crippen LogP contribution in [0.25, 0.3) is 0 Å². The van der Waals surface area contributed by atoms with Gasteiger partial charge in [0, 0.05) is 5.69 Å². The molecule has 0 aromatic heterocycles. The topological polar surface area (TPSA) is 96.5 Å². The predicted molar refractivity (Wildman–Crippen MR) is 91.2 cm³/mol. The van der Waals surface area contributed by atoms with Crippen molar-refractivity contribution < 1.29 is 19.1 Å². The number of ether oxygens (including phenoxy) is 1. The minimum absolute atomic E-state index is 0.117. The summed E-state index contributed by atoms with van der Waals surface area (Å²) in [5, 5.41) is 8.37. The van der Waals surface area contributed by atoms with Crippen LogP contribution in [-0.4, -0.2) is 37.4 Å². The van der Waals surface area contributed by atoms with Gasteiger partial charge in [-0.1, -0.05) is 26.0 Å². The molecular formula is C17H25N3O4. The van der Waals surface area contributed by atoms with Gasteiger partial charge < -0.3 is 20.7 Å². The molecule has 2 amide bonds. The average Bonchev–Trinajstić information content (AvgIpc) is 2.54. The van der Waals surface area contributed by atoms with Crippen LogP contribution < -0.4 is 16.0 Å². The van der Waals surface area contributed by atoms with Gasteiger partial charge in [-0.05, 0) is 37.6 Å². The van der Waals surface area contributed by atoms with Gasteiger partial charge in [0.15, 0.2) is 0 Å². The van der Waals surface area contributed by atoms with Crippen molar-refractivity contribution in [2.45, 2.75) is 39.5 Å². The number of nitrogens with one attached hydrogen (secondary N) is 3. The lowest BCUT2D eigenvalue weighted by Crippen LogP contribution is -2.51. The van der Waals surface area contributed by atoms with E-state index in [1.54, 1.807) is 38.2 Å². The molecule has 0 saturated carbocycles. The molecule has 0 radical (unpaired) electrons. The van der Waals surface area contributed by atoms with Crippen LogP contribution in [0.4, 0.5) is 5.69 Å². The van der Waals surface area contributed by atoms with Gasteiger partial charge in [-0.15, -0.1) is 0 Å². The highest BCUT2D eigenvalue weighted by atomic mass is 16.5. The van der Waals surface area contributed by atoms with Crippen molar-refractivity contribution in [1.82, 2.24) is 10.6 Å². The number of carbonyl (C=O) groups excluding carboxylic acids is 3. The Hall–Kier alpha value is -2.41. The summed E-state index contributed by atoms with van der Waals surface area (Å²) in [6.07, 6.45) is 0. The number of carbonyl (C=O) groups is 3. The van der Waals surface area contributed by atoms with E-state index in [9.17, 15) is 14.4 Å². The first-order valence-electron chi connectivity index (χ1n) is 7.81. The van der Waals surface area contributed by atoms with Crippen molar-refractivity contribution in [3.8, 4) is 0 Å². The van der Waals surface area contributed by atoms with Crippen LogP contribution in [0.1, 0.15) is 26.3 Å². The Morgan fingerprint density at radius 2 is 1.75 bits per heavy atom. The molecule has 0 saturated heterocycles. The van der Waals surface area contributed by atoms with Crippen LogP contribution in [0.15, 0.2) is 24.3 Å². The fraction of sp³-hybridized carbons (Fsp3) is 0.471. The molecule has 0 fully saturated rings. The largest absolute Gasteiger partial charge is 0.463 e. The fourth-order valence-electron chi connectivity index (χ4n) is 2.20. The van der Waals surface area contributed by atoms with E-state index in [1.165, 1.54) is 0 Å². The summed E-state index contributed by atoms with van der Waals surface area (Å²) < 4.78 is 4.65. The van der Waals surface area contributed by atoms with E-state index in [0.29, 0.717) is 12.2 Å². The monoisotopic (exact) mass is 335 g/mol. The number of anilines is 1. The zero-order valence-electron chi connectivity index (χ0n) is 14.5. The highest BCUT2D eigenvalue weighted by molar-refractivity contribution is 5.97. The second kappa shape index (κ2) is 9.67. The van der Waals surface area contributed by atoms with Crippen molar-refractivity contribution >= 4 is 24.0 Å². The molecule has 1 aromatic rings. The third-order valence-corrected chi connectivity index (χ3v) is 3.55. The Morgan fingerprint density at radius 1 is 1.12 bits per heavy atom. The quantitative estimate of drug-likeness (QED) is 0.586. The van der Waals surface area contributed by atoms with Crippen molar-refractivity contribution in [2.24, 2.45) is 5.92 Å². The predicted octanol–water partition coefficient (Wildman–Crippen LogP) is 1.05. The Balaban J connectivity index is 2.57. The normalized spacial score (nSPS) is 13.0. The second-order valence-electron chi connectivity index (χ2n) is 5.83. The summed E-state index contributed by atoms with van der Waals surface area (Å²) in [6.45, 7) is 6.07. The lowest BCUT2D eigenvalue weighted by molar-refractivity contribution is -0.129. The minimum Gasteiger partial charge on any atom is -0.463 e. The zero-order chi connectivity index (χ0) is 18.1. The van der Waals surface area contributed by atoms with E-state index in [-0.39, 0.29) is 30.4 Å². The van der Waals surface area contributed by atoms with E-state index in [2.05, 4.69) is 20.7 Å². The summed E-state index contributed by atoms with van der Waals surface area (Å²) in [4.78, 5) is 34.4. The zero-order valence-corrected chi connectivity index (χ0v) is 14.5. The molecule has 24 heavy (non-hydrogen) atoms. The van der Waals surface area contributed by atoms with Gasteiger partial charge in [-0.2, -0.15) is 0 Å². The molecule has 0 aliphatic carbocycles. The van der Waals surface area contributed by atoms with Crippen LogP contribution in [0.5, 0.6) is 0 Å². The van der Waals surface area contributed by atoms with E-state index in [4.69, 9.17) is 0 Å². The summed E-state index contributed by atoms with van der Waals surface area (Å²) in [6, 6.07) is 5.90. The smallest absolute Gasteiger partial charge is 0.293 e. The number of hydrogen-bond acceptors (Lipinski definition) is 5. The van der Waals surface area contributed by atoms with Crippen molar-refractivity contribution in [3.05, 3.63) is 29.8 Å². The molecule has 1 rings (SSSR count). The molecule has 0 aliphatic heterocycles. The number of benzene rings is 1. The highest BCUT2D eigenvalue weighted by Gasteiger charge is 2.23. The maximum absolute atomic E-state index is 12.2. The van der Waals surface area contributed by atoms with E-state index >= 15 is 0 Å². The Bertz CT molecular complexity index is 557. The van der Waals surface area contributed by atoms with Crippen LogP contribution in [0, 0.1) is 5.92 Å². The summed E-state index contributed by atoms with van der Waals surface area (Å²) >= 11 is 0. The molecular weight excluding hydrogens is 310 g/mol. The standard InChI is InChI=1S/C17H25N3O4/c1-11(2)15(18-4)17(23)19-12(3)16(22)20-14-7-5-13(6-8-14)9-24-10-21/h5-8,10-12,15,18H,9H2,1-4H3,(H,19,23)(H,20,22). The number of rotatable bonds is 9. The van der Waals surface area contributed by atoms with Crippen LogP contribution in [0.2, 0.25) is 0 Å². The summed E-state index contributed by atoms with van der Waals surface area (Å²) in [5.41, 5.74) is 1.42. The molecule has 2 atom stereocenters. The van der Waals surface area contributed by atoms with E-state index in [1.807, 2.05) is 13.8 Å². The highest BCUT2D eigenvalue weighted by Crippen LogP contribution is 2.11. The van der Waals surface area contributed by atoms with Gasteiger partial charge in [0.05, 0.1) is 6.04 Å². The number of likely N-dealkylation sites (N-methyl/N-ethyl adjacent to an activating group) is 1. The van der Waals surface area contributed by atoms with Gasteiger partial charge in [-0.25, -0.2) is 0 Å². The third-order valence-electron chi connectivity index (χ3n) is 3.55. The molecule has 0 bridgehead atoms. The van der Waals surface area contributed by atoms with Crippen LogP contribution in [0.3, 0.4) is 0 Å². The Kier molecular flexibility index (Phi) is 7.91. The summed E-state index contributed by atoms with van der Waals surface area (Å²) in [5.74, 6) is -0.401. The molecule has 2 unspecified atom stereocenters. The summed E-state index contributed by atoms with van der Waals surface area (Å²) in [7, 11) is 1.71. The lowest BCUT2D eigenvalue weighted by Gasteiger charge is -2.22. The first kappa shape index (κ1) is 19.6. The van der Waals surface area contributed by atoms with Crippen LogP contribution in [-0.2, 0) is 25.7 Å². The molecule has 7 heteroatoms. The fourth-order valence-corrected chi connectivity index (χ4v) is 2.20. The molecule has 0 heterocycles. The first-order chi connectivity index (χ1) is 11.4. The van der Waals surface area contributed by atoms with Gasteiger partial charge >= 0.3 is 0 Å². The van der Waals surface area contributed by atoms with Gasteiger partial charge in [0.2, 0.25) is 11.8 Å². The third kappa shape index (κ3) is 6.00. The van der Waals surface area contributed by atoms with Gasteiger partial charge in [-0.3, -0.25) is 14.4 Å². The lowest BCUT2D eigenvalue weighted by atomic mass is 10.0. The van der Waals surface area contributed by atoms with Crippen molar-refractivity contribution in [3.63, 3.8) is 0 Å². The second-order valence-corrected chi connectivity index (χ2v) is 5.83. The Labute approximate surface area is 142 Å². The minimum atomic E-state index is -0.662. The number of amides is 2.